The molecule has 0 N–H and O–H groups in total. The molecular formula is C22H22N4O4S. The first-order chi connectivity index (χ1) is 14.9. The molecule has 9 heteroatoms. The molecule has 8 nitrogen and oxygen atoms in total. The zero-order valence-corrected chi connectivity index (χ0v) is 17.9. The van der Waals surface area contributed by atoms with Crippen LogP contribution >= 0.6 is 0 Å². The summed E-state index contributed by atoms with van der Waals surface area (Å²) in [6.45, 7) is 1.09. The Balaban J connectivity index is 1.34. The number of rotatable bonds is 1. The Bertz CT molecular complexity index is 1220. The van der Waals surface area contributed by atoms with E-state index in [1.165, 1.54) is 0 Å². The molecular weight excluding hydrogens is 416 g/mol. The standard InChI is InChI=1S/C22H22N4O4S/c1-24-17-7-3-4-8-18(17)26(14-20(24)27)22(28)15-10-12-25(13-11-15)21-16-6-2-5-9-19(16)31(29,30)23-21/h2-9,15H,10-14H2,1H3. The third-order valence-corrected chi connectivity index (χ3v) is 7.55. The fourth-order valence-electron chi connectivity index (χ4n) is 4.51. The second-order valence-electron chi connectivity index (χ2n) is 8.01. The summed E-state index contributed by atoms with van der Waals surface area (Å²) in [5.74, 6) is 0.0533. The highest BCUT2D eigenvalue weighted by atomic mass is 32.2. The van der Waals surface area contributed by atoms with Gasteiger partial charge in [0.1, 0.15) is 11.4 Å². The molecule has 0 radical (unpaired) electrons. The second-order valence-corrected chi connectivity index (χ2v) is 9.59. The van der Waals surface area contributed by atoms with Crippen molar-refractivity contribution in [2.45, 2.75) is 17.7 Å². The number of amides is 2. The Morgan fingerprint density at radius 1 is 1.00 bits per heavy atom. The van der Waals surface area contributed by atoms with Crippen LogP contribution in [0.1, 0.15) is 18.4 Å². The lowest BCUT2D eigenvalue weighted by Gasteiger charge is -2.38. The molecule has 1 fully saturated rings. The number of anilines is 2. The van der Waals surface area contributed by atoms with Gasteiger partial charge in [0.25, 0.3) is 10.0 Å². The topological polar surface area (TPSA) is 90.4 Å². The van der Waals surface area contributed by atoms with E-state index in [4.69, 9.17) is 0 Å². The molecule has 160 valence electrons. The number of fused-ring (bicyclic) bond motifs is 2. The normalized spacial score (nSPS) is 20.4. The van der Waals surface area contributed by atoms with Crippen LogP contribution in [0.15, 0.2) is 57.8 Å². The van der Waals surface area contributed by atoms with Gasteiger partial charge in [0.05, 0.1) is 11.4 Å². The lowest BCUT2D eigenvalue weighted by atomic mass is 9.94. The van der Waals surface area contributed by atoms with Gasteiger partial charge in [0.2, 0.25) is 11.8 Å². The zero-order valence-electron chi connectivity index (χ0n) is 17.1. The average molecular weight is 439 g/mol. The molecule has 2 aromatic carbocycles. The summed E-state index contributed by atoms with van der Waals surface area (Å²) in [6, 6.07) is 14.2. The molecule has 0 bridgehead atoms. The van der Waals surface area contributed by atoms with E-state index in [1.807, 2.05) is 29.2 Å². The van der Waals surface area contributed by atoms with E-state index in [0.29, 0.717) is 37.3 Å². The monoisotopic (exact) mass is 438 g/mol. The van der Waals surface area contributed by atoms with E-state index in [-0.39, 0.29) is 29.2 Å². The lowest BCUT2D eigenvalue weighted by Crippen LogP contribution is -2.50. The first kappa shape index (κ1) is 19.7. The van der Waals surface area contributed by atoms with E-state index in [1.54, 1.807) is 41.1 Å². The number of carbonyl (C=O) groups excluding carboxylic acids is 2. The number of hydrogen-bond acceptors (Lipinski definition) is 5. The van der Waals surface area contributed by atoms with Crippen LogP contribution in [0, 0.1) is 5.92 Å². The second kappa shape index (κ2) is 7.19. The highest BCUT2D eigenvalue weighted by molar-refractivity contribution is 7.90. The Hall–Kier alpha value is -3.20. The van der Waals surface area contributed by atoms with Gasteiger partial charge in [-0.25, -0.2) is 0 Å². The van der Waals surface area contributed by atoms with Crippen molar-refractivity contribution in [1.82, 2.24) is 4.90 Å². The maximum absolute atomic E-state index is 13.3. The van der Waals surface area contributed by atoms with Crippen LogP contribution in [-0.2, 0) is 19.6 Å². The van der Waals surface area contributed by atoms with Crippen LogP contribution in [0.25, 0.3) is 0 Å². The number of nitrogens with zero attached hydrogens (tertiary/aromatic N) is 4. The molecule has 0 saturated carbocycles. The third-order valence-electron chi connectivity index (χ3n) is 6.22. The van der Waals surface area contributed by atoms with Crippen molar-refractivity contribution in [3.05, 3.63) is 54.1 Å². The van der Waals surface area contributed by atoms with Crippen LogP contribution < -0.4 is 9.80 Å². The van der Waals surface area contributed by atoms with Crippen molar-refractivity contribution >= 4 is 39.0 Å². The van der Waals surface area contributed by atoms with Crippen molar-refractivity contribution in [3.8, 4) is 0 Å². The summed E-state index contributed by atoms with van der Waals surface area (Å²) in [4.78, 5) is 31.1. The smallest absolute Gasteiger partial charge is 0.285 e. The van der Waals surface area contributed by atoms with Gasteiger partial charge in [-0.2, -0.15) is 8.42 Å². The van der Waals surface area contributed by atoms with Gasteiger partial charge < -0.3 is 14.7 Å². The van der Waals surface area contributed by atoms with Gasteiger partial charge in [-0.15, -0.1) is 4.40 Å². The van der Waals surface area contributed by atoms with E-state index in [9.17, 15) is 18.0 Å². The van der Waals surface area contributed by atoms with Crippen LogP contribution in [-0.4, -0.2) is 57.6 Å². The van der Waals surface area contributed by atoms with Crippen LogP contribution in [0.3, 0.4) is 0 Å². The highest BCUT2D eigenvalue weighted by Gasteiger charge is 2.38. The molecule has 0 aromatic heterocycles. The Morgan fingerprint density at radius 3 is 2.39 bits per heavy atom. The maximum Gasteiger partial charge on any atom is 0.285 e. The molecule has 31 heavy (non-hydrogen) atoms. The van der Waals surface area contributed by atoms with Gasteiger partial charge in [-0.3, -0.25) is 9.59 Å². The summed E-state index contributed by atoms with van der Waals surface area (Å²) in [5.41, 5.74) is 2.09. The zero-order chi connectivity index (χ0) is 21.8. The predicted molar refractivity (Wildman–Crippen MR) is 117 cm³/mol. The average Bonchev–Trinajstić information content (AvgIpc) is 3.07. The van der Waals surface area contributed by atoms with E-state index in [2.05, 4.69) is 4.40 Å². The minimum Gasteiger partial charge on any atom is -0.355 e. The molecule has 2 aromatic rings. The number of amidine groups is 1. The molecule has 3 aliphatic rings. The first-order valence-electron chi connectivity index (χ1n) is 10.2. The molecule has 0 spiro atoms. The van der Waals surface area contributed by atoms with Crippen molar-refractivity contribution in [1.29, 1.82) is 0 Å². The summed E-state index contributed by atoms with van der Waals surface area (Å²) in [7, 11) is -1.95. The van der Waals surface area contributed by atoms with Crippen molar-refractivity contribution in [2.24, 2.45) is 10.3 Å². The summed E-state index contributed by atoms with van der Waals surface area (Å²) in [6.07, 6.45) is 1.14. The summed E-state index contributed by atoms with van der Waals surface area (Å²) in [5, 5.41) is 0. The molecule has 3 aliphatic heterocycles. The van der Waals surface area contributed by atoms with E-state index >= 15 is 0 Å². The third kappa shape index (κ3) is 3.20. The van der Waals surface area contributed by atoms with Crippen molar-refractivity contribution in [3.63, 3.8) is 0 Å². The van der Waals surface area contributed by atoms with Crippen LogP contribution in [0.2, 0.25) is 0 Å². The number of sulfonamides is 1. The maximum atomic E-state index is 13.3. The minimum absolute atomic E-state index is 0.0326. The molecule has 1 saturated heterocycles. The SMILES string of the molecule is CN1C(=O)CN(C(=O)C2CCN(C3=NS(=O)(=O)c4ccccc43)CC2)c2ccccc21. The lowest BCUT2D eigenvalue weighted by molar-refractivity contribution is -0.126. The Labute approximate surface area is 180 Å². The first-order valence-corrected chi connectivity index (χ1v) is 11.7. The van der Waals surface area contributed by atoms with Crippen molar-refractivity contribution < 1.29 is 18.0 Å². The summed E-state index contributed by atoms with van der Waals surface area (Å²) < 4.78 is 28.7. The van der Waals surface area contributed by atoms with Gasteiger partial charge in [-0.1, -0.05) is 24.3 Å². The van der Waals surface area contributed by atoms with Gasteiger partial charge in [-0.05, 0) is 37.1 Å². The number of benzene rings is 2. The molecule has 3 heterocycles. The van der Waals surface area contributed by atoms with Crippen LogP contribution in [0.5, 0.6) is 0 Å². The van der Waals surface area contributed by atoms with Gasteiger partial charge in [0, 0.05) is 31.6 Å². The number of para-hydroxylation sites is 2. The Morgan fingerprint density at radius 2 is 1.65 bits per heavy atom. The van der Waals surface area contributed by atoms with E-state index < -0.39 is 10.0 Å². The molecule has 0 unspecified atom stereocenters. The number of likely N-dealkylation sites (N-methyl/N-ethyl adjacent to an activating group) is 1. The van der Waals surface area contributed by atoms with Crippen LogP contribution in [0.4, 0.5) is 11.4 Å². The number of hydrogen-bond donors (Lipinski definition) is 0. The Kier molecular flexibility index (Phi) is 4.58. The number of likely N-dealkylation sites (tertiary alicyclic amines) is 1. The largest absolute Gasteiger partial charge is 0.355 e. The molecule has 0 aliphatic carbocycles. The van der Waals surface area contributed by atoms with Gasteiger partial charge in [0.15, 0.2) is 5.84 Å². The quantitative estimate of drug-likeness (QED) is 0.678. The number of carbonyl (C=O) groups is 2. The predicted octanol–water partition coefficient (Wildman–Crippen LogP) is 1.86. The van der Waals surface area contributed by atoms with E-state index in [0.717, 1.165) is 11.4 Å². The fourth-order valence-corrected chi connectivity index (χ4v) is 5.74. The molecule has 0 atom stereocenters. The van der Waals surface area contributed by atoms with Crippen molar-refractivity contribution in [2.75, 3.05) is 36.5 Å². The number of piperidine rings is 1. The fraction of sp³-hybridized carbons (Fsp3) is 0.318. The molecule has 5 rings (SSSR count). The van der Waals surface area contributed by atoms with Gasteiger partial charge >= 0.3 is 0 Å². The summed E-state index contributed by atoms with van der Waals surface area (Å²) >= 11 is 0. The molecule has 2 amide bonds. The minimum atomic E-state index is -3.67. The highest BCUT2D eigenvalue weighted by Crippen LogP contribution is 2.35.